The molecule has 4 N–H and O–H groups in total. The number of nitrogens with two attached hydrogens (primary N) is 1. The number of hydrogen-bond acceptors (Lipinski definition) is 6. The molecule has 0 fully saturated rings. The molecule has 0 aliphatic carbocycles. The molecule has 3 aromatic rings. The van der Waals surface area contributed by atoms with Gasteiger partial charge in [-0.3, -0.25) is 10.2 Å². The fourth-order valence-electron chi connectivity index (χ4n) is 2.48. The monoisotopic (exact) mass is 356 g/mol. The highest BCUT2D eigenvalue weighted by Gasteiger charge is 2.10. The molecular weight excluding hydrogens is 336 g/mol. The fourth-order valence-corrected chi connectivity index (χ4v) is 3.37. The molecule has 6 nitrogen and oxygen atoms in total. The SMILES string of the molecule is Cc1ccc(OCC(=O)Nc2cc(C)c3nc(NN)sc3c2)cc1C. The molecule has 7 heteroatoms. The molecular formula is C18H20N4O2S. The third kappa shape index (κ3) is 3.89. The quantitative estimate of drug-likeness (QED) is 0.481. The lowest BCUT2D eigenvalue weighted by Crippen LogP contribution is -2.20. The van der Waals surface area contributed by atoms with E-state index in [2.05, 4.69) is 15.7 Å². The highest BCUT2D eigenvalue weighted by Crippen LogP contribution is 2.30. The Hall–Kier alpha value is -2.64. The Morgan fingerprint density at radius 2 is 1.96 bits per heavy atom. The van der Waals surface area contributed by atoms with E-state index in [1.807, 2.05) is 51.1 Å². The van der Waals surface area contributed by atoms with Gasteiger partial charge in [-0.2, -0.15) is 0 Å². The van der Waals surface area contributed by atoms with Crippen LogP contribution >= 0.6 is 11.3 Å². The van der Waals surface area contributed by atoms with Gasteiger partial charge < -0.3 is 10.1 Å². The van der Waals surface area contributed by atoms with Crippen LogP contribution in [0.4, 0.5) is 10.8 Å². The molecule has 0 saturated carbocycles. The highest BCUT2D eigenvalue weighted by atomic mass is 32.1. The Morgan fingerprint density at radius 1 is 1.16 bits per heavy atom. The van der Waals surface area contributed by atoms with Crippen molar-refractivity contribution in [1.29, 1.82) is 0 Å². The lowest BCUT2D eigenvalue weighted by Gasteiger charge is -2.09. The molecule has 0 bridgehead atoms. The second-order valence-electron chi connectivity index (χ2n) is 5.89. The number of ether oxygens (including phenoxy) is 1. The summed E-state index contributed by atoms with van der Waals surface area (Å²) in [7, 11) is 0. The van der Waals surface area contributed by atoms with Gasteiger partial charge in [-0.05, 0) is 61.7 Å². The first-order valence-corrected chi connectivity index (χ1v) is 8.65. The van der Waals surface area contributed by atoms with E-state index in [1.54, 1.807) is 0 Å². The average molecular weight is 356 g/mol. The number of hydrazine groups is 1. The summed E-state index contributed by atoms with van der Waals surface area (Å²) in [4.78, 5) is 16.6. The van der Waals surface area contributed by atoms with Crippen LogP contribution in [0.3, 0.4) is 0 Å². The maximum absolute atomic E-state index is 12.2. The summed E-state index contributed by atoms with van der Waals surface area (Å²) >= 11 is 1.44. The van der Waals surface area contributed by atoms with Gasteiger partial charge in [0.05, 0.1) is 10.2 Å². The summed E-state index contributed by atoms with van der Waals surface area (Å²) in [6.07, 6.45) is 0. The smallest absolute Gasteiger partial charge is 0.262 e. The molecule has 130 valence electrons. The predicted octanol–water partition coefficient (Wildman–Crippen LogP) is 3.52. The molecule has 0 unspecified atom stereocenters. The van der Waals surface area contributed by atoms with Crippen LogP contribution in [0.1, 0.15) is 16.7 Å². The minimum Gasteiger partial charge on any atom is -0.484 e. The number of benzene rings is 2. The van der Waals surface area contributed by atoms with Gasteiger partial charge in [0, 0.05) is 5.69 Å². The van der Waals surface area contributed by atoms with Crippen LogP contribution in [-0.4, -0.2) is 17.5 Å². The van der Waals surface area contributed by atoms with E-state index < -0.39 is 0 Å². The zero-order valence-corrected chi connectivity index (χ0v) is 15.2. The van der Waals surface area contributed by atoms with Gasteiger partial charge in [0.15, 0.2) is 11.7 Å². The number of hydrogen-bond donors (Lipinski definition) is 3. The van der Waals surface area contributed by atoms with Crippen LogP contribution in [0.2, 0.25) is 0 Å². The first-order valence-electron chi connectivity index (χ1n) is 7.84. The van der Waals surface area contributed by atoms with Crippen molar-refractivity contribution in [2.45, 2.75) is 20.8 Å². The molecule has 25 heavy (non-hydrogen) atoms. The van der Waals surface area contributed by atoms with Crippen LogP contribution in [0, 0.1) is 20.8 Å². The number of amides is 1. The minimum atomic E-state index is -0.210. The lowest BCUT2D eigenvalue weighted by molar-refractivity contribution is -0.118. The van der Waals surface area contributed by atoms with Gasteiger partial charge in [-0.15, -0.1) is 0 Å². The maximum atomic E-state index is 12.2. The Kier molecular flexibility index (Phi) is 4.87. The Labute approximate surface area is 150 Å². The molecule has 0 radical (unpaired) electrons. The summed E-state index contributed by atoms with van der Waals surface area (Å²) in [6.45, 7) is 5.95. The second-order valence-corrected chi connectivity index (χ2v) is 6.92. The number of nitrogens with one attached hydrogen (secondary N) is 2. The summed E-state index contributed by atoms with van der Waals surface area (Å²) in [6, 6.07) is 9.54. The zero-order valence-electron chi connectivity index (χ0n) is 14.3. The van der Waals surface area contributed by atoms with Crippen molar-refractivity contribution >= 4 is 38.3 Å². The van der Waals surface area contributed by atoms with Gasteiger partial charge in [0.2, 0.25) is 0 Å². The van der Waals surface area contributed by atoms with Crippen molar-refractivity contribution in [2.75, 3.05) is 17.3 Å². The first kappa shape index (κ1) is 17.2. The van der Waals surface area contributed by atoms with Gasteiger partial charge in [-0.1, -0.05) is 17.4 Å². The van der Waals surface area contributed by atoms with Gasteiger partial charge in [0.25, 0.3) is 5.91 Å². The Bertz CT molecular complexity index is 936. The van der Waals surface area contributed by atoms with Crippen molar-refractivity contribution in [3.05, 3.63) is 47.0 Å². The summed E-state index contributed by atoms with van der Waals surface area (Å²) in [5.41, 5.74) is 7.44. The minimum absolute atomic E-state index is 0.0438. The van der Waals surface area contributed by atoms with Crippen LogP contribution < -0.4 is 21.3 Å². The third-order valence-electron chi connectivity index (χ3n) is 3.94. The fraction of sp³-hybridized carbons (Fsp3) is 0.222. The van der Waals surface area contributed by atoms with Crippen molar-refractivity contribution in [3.63, 3.8) is 0 Å². The van der Waals surface area contributed by atoms with E-state index in [1.165, 1.54) is 16.9 Å². The maximum Gasteiger partial charge on any atom is 0.262 e. The van der Waals surface area contributed by atoms with E-state index in [4.69, 9.17) is 10.6 Å². The number of aromatic nitrogens is 1. The van der Waals surface area contributed by atoms with Crippen molar-refractivity contribution < 1.29 is 9.53 Å². The number of thiazole rings is 1. The molecule has 1 aromatic heterocycles. The standard InChI is InChI=1S/C18H20N4O2S/c1-10-4-5-14(7-11(10)2)24-9-16(23)20-13-6-12(3)17-15(8-13)25-18(21-17)22-19/h4-8H,9,19H2,1-3H3,(H,20,23)(H,21,22). The molecule has 2 aromatic carbocycles. The van der Waals surface area contributed by atoms with Gasteiger partial charge >= 0.3 is 0 Å². The molecule has 0 saturated heterocycles. The largest absolute Gasteiger partial charge is 0.484 e. The van der Waals surface area contributed by atoms with Crippen molar-refractivity contribution in [1.82, 2.24) is 4.98 Å². The first-order chi connectivity index (χ1) is 12.0. The lowest BCUT2D eigenvalue weighted by atomic mass is 10.1. The predicted molar refractivity (Wildman–Crippen MR) is 102 cm³/mol. The van der Waals surface area contributed by atoms with Crippen LogP contribution in [0.5, 0.6) is 5.75 Å². The topological polar surface area (TPSA) is 89.3 Å². The normalized spacial score (nSPS) is 10.7. The third-order valence-corrected chi connectivity index (χ3v) is 4.87. The molecule has 0 aliphatic rings. The number of nitrogens with zero attached hydrogens (tertiary/aromatic N) is 1. The van der Waals surface area contributed by atoms with Gasteiger partial charge in [-0.25, -0.2) is 10.8 Å². The zero-order chi connectivity index (χ0) is 18.0. The van der Waals surface area contributed by atoms with Crippen LogP contribution in [0.25, 0.3) is 10.2 Å². The molecule has 0 atom stereocenters. The van der Waals surface area contributed by atoms with E-state index in [-0.39, 0.29) is 12.5 Å². The molecule has 0 aliphatic heterocycles. The van der Waals surface area contributed by atoms with E-state index in [0.717, 1.165) is 21.3 Å². The number of anilines is 2. The number of carbonyl (C=O) groups excluding carboxylic acids is 1. The number of aryl methyl sites for hydroxylation is 3. The van der Waals surface area contributed by atoms with Crippen molar-refractivity contribution in [2.24, 2.45) is 5.84 Å². The number of carbonyl (C=O) groups is 1. The van der Waals surface area contributed by atoms with Crippen LogP contribution in [0.15, 0.2) is 30.3 Å². The van der Waals surface area contributed by atoms with E-state index in [9.17, 15) is 4.79 Å². The summed E-state index contributed by atoms with van der Waals surface area (Å²) in [5.74, 6) is 5.89. The molecule has 1 amide bonds. The number of rotatable bonds is 5. The summed E-state index contributed by atoms with van der Waals surface area (Å²) < 4.78 is 6.52. The molecule has 3 rings (SSSR count). The second kappa shape index (κ2) is 7.08. The average Bonchev–Trinajstić information content (AvgIpc) is 3.00. The summed E-state index contributed by atoms with van der Waals surface area (Å²) in [5, 5.41) is 3.50. The number of fused-ring (bicyclic) bond motifs is 1. The van der Waals surface area contributed by atoms with Crippen molar-refractivity contribution in [3.8, 4) is 5.75 Å². The van der Waals surface area contributed by atoms with Gasteiger partial charge in [0.1, 0.15) is 5.75 Å². The van der Waals surface area contributed by atoms with Crippen LogP contribution in [-0.2, 0) is 4.79 Å². The van der Waals surface area contributed by atoms with E-state index >= 15 is 0 Å². The highest BCUT2D eigenvalue weighted by molar-refractivity contribution is 7.22. The number of nitrogen functional groups attached to an aromatic ring is 1. The Morgan fingerprint density at radius 3 is 2.68 bits per heavy atom. The molecule has 1 heterocycles. The Balaban J connectivity index is 1.68. The molecule has 0 spiro atoms. The van der Waals surface area contributed by atoms with E-state index in [0.29, 0.717) is 16.6 Å².